The van der Waals surface area contributed by atoms with Gasteiger partial charge in [0.25, 0.3) is 5.91 Å². The predicted octanol–water partition coefficient (Wildman–Crippen LogP) is 4.18. The third kappa shape index (κ3) is 6.22. The van der Waals surface area contributed by atoms with Gasteiger partial charge < -0.3 is 19.5 Å². The minimum absolute atomic E-state index is 0.105. The Balaban J connectivity index is 1.59. The average molecular weight is 491 g/mol. The Labute approximate surface area is 212 Å². The van der Waals surface area contributed by atoms with E-state index in [1.165, 1.54) is 6.08 Å². The Morgan fingerprint density at radius 1 is 1.08 bits per heavy atom. The summed E-state index contributed by atoms with van der Waals surface area (Å²) in [6, 6.07) is 16.2. The molecule has 190 valence electrons. The van der Waals surface area contributed by atoms with Crippen LogP contribution in [0.4, 0.5) is 0 Å². The molecule has 2 aromatic rings. The highest BCUT2D eigenvalue weighted by Gasteiger charge is 2.42. The van der Waals surface area contributed by atoms with Gasteiger partial charge in [-0.25, -0.2) is 0 Å². The summed E-state index contributed by atoms with van der Waals surface area (Å²) in [7, 11) is 0. The maximum Gasteiger partial charge on any atom is 0.290 e. The zero-order valence-electron chi connectivity index (χ0n) is 20.8. The molecular formula is C29H34N2O5. The second-order valence-electron chi connectivity index (χ2n) is 9.00. The van der Waals surface area contributed by atoms with Crippen LogP contribution in [0.2, 0.25) is 0 Å². The molecule has 1 saturated heterocycles. The van der Waals surface area contributed by atoms with Gasteiger partial charge in [0, 0.05) is 26.2 Å². The summed E-state index contributed by atoms with van der Waals surface area (Å²) in [5, 5.41) is 10.8. The molecule has 1 N–H and O–H groups in total. The molecule has 1 unspecified atom stereocenters. The highest BCUT2D eigenvalue weighted by molar-refractivity contribution is 6.14. The van der Waals surface area contributed by atoms with Gasteiger partial charge in [-0.3, -0.25) is 14.5 Å². The fourth-order valence-electron chi connectivity index (χ4n) is 4.46. The van der Waals surface area contributed by atoms with Gasteiger partial charge in [-0.15, -0.1) is 0 Å². The van der Waals surface area contributed by atoms with Crippen LogP contribution in [0.5, 0.6) is 5.75 Å². The van der Waals surface area contributed by atoms with E-state index in [2.05, 4.69) is 11.8 Å². The largest absolute Gasteiger partial charge is 0.503 e. The number of amides is 1. The number of unbranched alkanes of at least 4 members (excludes halogenated alkanes) is 1. The third-order valence-corrected chi connectivity index (χ3v) is 6.52. The molecular weight excluding hydrogens is 456 g/mol. The van der Waals surface area contributed by atoms with Crippen molar-refractivity contribution in [3.8, 4) is 5.75 Å². The van der Waals surface area contributed by atoms with Crippen molar-refractivity contribution in [2.24, 2.45) is 0 Å². The number of ketones is 1. The first-order chi connectivity index (χ1) is 17.6. The zero-order valence-corrected chi connectivity index (χ0v) is 20.8. The van der Waals surface area contributed by atoms with Crippen LogP contribution in [0.15, 0.2) is 72.0 Å². The highest BCUT2D eigenvalue weighted by Crippen LogP contribution is 2.38. The summed E-state index contributed by atoms with van der Waals surface area (Å²) in [5.74, 6) is -0.644. The number of morpholine rings is 1. The van der Waals surface area contributed by atoms with Gasteiger partial charge in [0.2, 0.25) is 0 Å². The fourth-order valence-corrected chi connectivity index (χ4v) is 4.46. The summed E-state index contributed by atoms with van der Waals surface area (Å²) in [6.07, 6.45) is 5.14. The number of benzene rings is 2. The van der Waals surface area contributed by atoms with Gasteiger partial charge >= 0.3 is 0 Å². The Hall–Kier alpha value is -3.42. The minimum atomic E-state index is -0.670. The zero-order chi connectivity index (χ0) is 25.3. The van der Waals surface area contributed by atoms with Crippen molar-refractivity contribution in [3.05, 3.63) is 83.1 Å². The van der Waals surface area contributed by atoms with E-state index < -0.39 is 17.7 Å². The van der Waals surface area contributed by atoms with Crippen molar-refractivity contribution < 1.29 is 24.2 Å². The average Bonchev–Trinajstić information content (AvgIpc) is 3.17. The van der Waals surface area contributed by atoms with Crippen LogP contribution < -0.4 is 4.74 Å². The summed E-state index contributed by atoms with van der Waals surface area (Å²) in [5.41, 5.74) is 1.73. The van der Waals surface area contributed by atoms with Gasteiger partial charge in [-0.2, -0.15) is 0 Å². The molecule has 0 aromatic heterocycles. The number of ether oxygens (including phenoxy) is 2. The number of aliphatic hydroxyl groups is 1. The van der Waals surface area contributed by atoms with Crippen molar-refractivity contribution in [3.63, 3.8) is 0 Å². The highest BCUT2D eigenvalue weighted by atomic mass is 16.5. The fraction of sp³-hybridized carbons (Fsp3) is 0.379. The lowest BCUT2D eigenvalue weighted by Crippen LogP contribution is -2.43. The van der Waals surface area contributed by atoms with Crippen molar-refractivity contribution in [1.29, 1.82) is 0 Å². The number of aliphatic hydroxyl groups excluding tert-OH is 1. The van der Waals surface area contributed by atoms with Crippen LogP contribution in [0.25, 0.3) is 6.08 Å². The quantitative estimate of drug-likeness (QED) is 0.376. The van der Waals surface area contributed by atoms with Crippen LogP contribution in [0.1, 0.15) is 36.9 Å². The summed E-state index contributed by atoms with van der Waals surface area (Å²) in [4.78, 5) is 30.3. The van der Waals surface area contributed by atoms with Crippen LogP contribution in [-0.2, 0) is 14.3 Å². The normalized spacial score (nSPS) is 18.9. The summed E-state index contributed by atoms with van der Waals surface area (Å²) in [6.45, 7) is 6.68. The molecule has 2 aliphatic heterocycles. The second-order valence-corrected chi connectivity index (χ2v) is 9.00. The van der Waals surface area contributed by atoms with Gasteiger partial charge in [-0.05, 0) is 35.8 Å². The van der Waals surface area contributed by atoms with E-state index in [1.807, 2.05) is 54.6 Å². The lowest BCUT2D eigenvalue weighted by atomic mass is 9.95. The first-order valence-electron chi connectivity index (χ1n) is 12.6. The minimum Gasteiger partial charge on any atom is -0.503 e. The third-order valence-electron chi connectivity index (χ3n) is 6.52. The lowest BCUT2D eigenvalue weighted by molar-refractivity contribution is -0.129. The summed E-state index contributed by atoms with van der Waals surface area (Å²) >= 11 is 0. The number of hydrogen-bond donors (Lipinski definition) is 1. The SMILES string of the molecule is CCCCOc1ccc(C2C(C(=O)/C=C/c3ccccc3)=C(O)C(=O)N2CCN2CCOCC2)cc1. The number of carbonyl (C=O) groups is 2. The number of nitrogens with zero attached hydrogens (tertiary/aromatic N) is 2. The van der Waals surface area contributed by atoms with E-state index >= 15 is 0 Å². The molecule has 1 amide bonds. The molecule has 4 rings (SSSR count). The summed E-state index contributed by atoms with van der Waals surface area (Å²) < 4.78 is 11.2. The monoisotopic (exact) mass is 490 g/mol. The van der Waals surface area contributed by atoms with Crippen LogP contribution in [-0.4, -0.2) is 72.6 Å². The molecule has 7 nitrogen and oxygen atoms in total. The van der Waals surface area contributed by atoms with Crippen LogP contribution in [0.3, 0.4) is 0 Å². The van der Waals surface area contributed by atoms with Crippen molar-refractivity contribution in [2.45, 2.75) is 25.8 Å². The van der Waals surface area contributed by atoms with Gasteiger partial charge in [0.05, 0.1) is 31.4 Å². The molecule has 7 heteroatoms. The molecule has 0 spiro atoms. The first-order valence-corrected chi connectivity index (χ1v) is 12.6. The Kier molecular flexibility index (Phi) is 8.92. The van der Waals surface area contributed by atoms with E-state index in [4.69, 9.17) is 9.47 Å². The standard InChI is InChI=1S/C29H34N2O5/c1-2-3-19-36-24-12-10-23(11-13-24)27-26(25(32)14-9-22-7-5-4-6-8-22)28(33)29(34)31(27)16-15-30-17-20-35-21-18-30/h4-14,27,33H,2-3,15-21H2,1H3/b14-9+. The number of hydrogen-bond acceptors (Lipinski definition) is 6. The van der Waals surface area contributed by atoms with Crippen LogP contribution in [0, 0.1) is 0 Å². The van der Waals surface area contributed by atoms with E-state index in [-0.39, 0.29) is 11.4 Å². The molecule has 1 atom stereocenters. The van der Waals surface area contributed by atoms with Crippen LogP contribution >= 0.6 is 0 Å². The lowest BCUT2D eigenvalue weighted by Gasteiger charge is -2.31. The second kappa shape index (κ2) is 12.5. The van der Waals surface area contributed by atoms with E-state index in [0.717, 1.165) is 42.8 Å². The van der Waals surface area contributed by atoms with E-state index in [0.29, 0.717) is 32.9 Å². The Morgan fingerprint density at radius 2 is 1.81 bits per heavy atom. The van der Waals surface area contributed by atoms with E-state index in [9.17, 15) is 14.7 Å². The maximum absolute atomic E-state index is 13.3. The molecule has 0 radical (unpaired) electrons. The topological polar surface area (TPSA) is 79.3 Å². The van der Waals surface area contributed by atoms with Crippen molar-refractivity contribution >= 4 is 17.8 Å². The number of rotatable bonds is 11. The van der Waals surface area contributed by atoms with Gasteiger partial charge in [0.15, 0.2) is 11.5 Å². The maximum atomic E-state index is 13.3. The van der Waals surface area contributed by atoms with Gasteiger partial charge in [0.1, 0.15) is 5.75 Å². The molecule has 0 aliphatic carbocycles. The molecule has 0 saturated carbocycles. The van der Waals surface area contributed by atoms with Crippen molar-refractivity contribution in [2.75, 3.05) is 46.0 Å². The van der Waals surface area contributed by atoms with E-state index in [1.54, 1.807) is 11.0 Å². The number of carbonyl (C=O) groups excluding carboxylic acids is 2. The molecule has 2 aliphatic rings. The Morgan fingerprint density at radius 3 is 2.50 bits per heavy atom. The molecule has 1 fully saturated rings. The van der Waals surface area contributed by atoms with Gasteiger partial charge in [-0.1, -0.05) is 61.9 Å². The first kappa shape index (κ1) is 25.7. The van der Waals surface area contributed by atoms with Crippen molar-refractivity contribution in [1.82, 2.24) is 9.80 Å². The molecule has 36 heavy (non-hydrogen) atoms. The predicted molar refractivity (Wildman–Crippen MR) is 139 cm³/mol. The Bertz CT molecular complexity index is 1090. The molecule has 2 heterocycles. The smallest absolute Gasteiger partial charge is 0.290 e. The molecule has 2 aromatic carbocycles. The number of allylic oxidation sites excluding steroid dienone is 1. The molecule has 0 bridgehead atoms.